The molecule has 0 saturated carbocycles. The highest BCUT2D eigenvalue weighted by molar-refractivity contribution is 6.74. The third kappa shape index (κ3) is 3.12. The molecule has 0 unspecified atom stereocenters. The van der Waals surface area contributed by atoms with Crippen LogP contribution in [0.2, 0.25) is 18.1 Å². The summed E-state index contributed by atoms with van der Waals surface area (Å²) in [5, 5.41) is 3.18. The zero-order valence-electron chi connectivity index (χ0n) is 13.1. The average molecular weight is 291 g/mol. The van der Waals surface area contributed by atoms with Crippen LogP contribution in [0.3, 0.4) is 0 Å². The van der Waals surface area contributed by atoms with E-state index in [1.165, 1.54) is 0 Å². The fourth-order valence-corrected chi connectivity index (χ4v) is 3.45. The van der Waals surface area contributed by atoms with Crippen LogP contribution in [0, 0.1) is 0 Å². The van der Waals surface area contributed by atoms with E-state index in [9.17, 15) is 4.79 Å². The van der Waals surface area contributed by atoms with Crippen LogP contribution in [0.25, 0.3) is 0 Å². The molecule has 1 saturated heterocycles. The highest BCUT2D eigenvalue weighted by Gasteiger charge is 2.43. The first-order valence-corrected chi connectivity index (χ1v) is 10.1. The van der Waals surface area contributed by atoms with Gasteiger partial charge in [-0.3, -0.25) is 4.79 Å². The number of carbonyl (C=O) groups excluding carboxylic acids is 1. The van der Waals surface area contributed by atoms with Gasteiger partial charge >= 0.3 is 0 Å². The molecule has 4 heteroatoms. The van der Waals surface area contributed by atoms with Gasteiger partial charge in [0.15, 0.2) is 8.32 Å². The Morgan fingerprint density at radius 1 is 1.20 bits per heavy atom. The molecule has 0 bridgehead atoms. The van der Waals surface area contributed by atoms with Crippen LogP contribution in [-0.4, -0.2) is 20.3 Å². The van der Waals surface area contributed by atoms with Crippen molar-refractivity contribution in [2.75, 3.05) is 0 Å². The second-order valence-corrected chi connectivity index (χ2v) is 11.8. The average Bonchev–Trinajstić information content (AvgIpc) is 2.70. The molecule has 1 aromatic carbocycles. The Morgan fingerprint density at radius 3 is 2.35 bits per heavy atom. The molecule has 1 aliphatic heterocycles. The number of rotatable bonds is 3. The molecule has 0 spiro atoms. The van der Waals surface area contributed by atoms with Crippen LogP contribution < -0.4 is 5.32 Å². The topological polar surface area (TPSA) is 38.3 Å². The first kappa shape index (κ1) is 15.3. The van der Waals surface area contributed by atoms with E-state index in [0.717, 1.165) is 12.0 Å². The summed E-state index contributed by atoms with van der Waals surface area (Å²) >= 11 is 0. The van der Waals surface area contributed by atoms with Crippen LogP contribution in [-0.2, 0) is 9.22 Å². The van der Waals surface area contributed by atoms with Crippen molar-refractivity contribution in [3.05, 3.63) is 35.9 Å². The van der Waals surface area contributed by atoms with Gasteiger partial charge in [0.05, 0.1) is 6.04 Å². The number of amides is 1. The van der Waals surface area contributed by atoms with Gasteiger partial charge < -0.3 is 9.74 Å². The molecule has 0 aromatic heterocycles. The molecule has 0 aliphatic carbocycles. The predicted octanol–water partition coefficient (Wildman–Crippen LogP) is 3.64. The summed E-state index contributed by atoms with van der Waals surface area (Å²) < 4.78 is 6.25. The zero-order chi connectivity index (χ0) is 15.0. The molecule has 1 heterocycles. The zero-order valence-corrected chi connectivity index (χ0v) is 14.1. The number of carbonyl (C=O) groups is 1. The minimum Gasteiger partial charge on any atom is -0.405 e. The third-order valence-corrected chi connectivity index (χ3v) is 8.99. The Morgan fingerprint density at radius 2 is 1.80 bits per heavy atom. The molecule has 1 fully saturated rings. The van der Waals surface area contributed by atoms with E-state index in [1.54, 1.807) is 0 Å². The van der Waals surface area contributed by atoms with Gasteiger partial charge in [0.25, 0.3) is 0 Å². The number of hydrogen-bond acceptors (Lipinski definition) is 2. The summed E-state index contributed by atoms with van der Waals surface area (Å²) in [6.45, 7) is 11.0. The molecule has 2 atom stereocenters. The lowest BCUT2D eigenvalue weighted by Gasteiger charge is -2.37. The predicted molar refractivity (Wildman–Crippen MR) is 84.0 cm³/mol. The summed E-state index contributed by atoms with van der Waals surface area (Å²) in [5.74, 6) is 0.0312. The summed E-state index contributed by atoms with van der Waals surface area (Å²) in [5.41, 5.74) is 1.15. The number of benzene rings is 1. The third-order valence-electron chi connectivity index (χ3n) is 4.50. The fraction of sp³-hybridized carbons (Fsp3) is 0.562. The van der Waals surface area contributed by atoms with Crippen LogP contribution in [0.1, 0.15) is 38.8 Å². The molecule has 1 aromatic rings. The normalized spacial score (nSPS) is 23.8. The molecule has 3 nitrogen and oxygen atoms in total. The van der Waals surface area contributed by atoms with Gasteiger partial charge in [-0.1, -0.05) is 51.1 Å². The number of nitrogens with one attached hydrogen (secondary N) is 1. The molecule has 20 heavy (non-hydrogen) atoms. The summed E-state index contributed by atoms with van der Waals surface area (Å²) in [6, 6.07) is 10.2. The van der Waals surface area contributed by atoms with Crippen molar-refractivity contribution < 1.29 is 9.22 Å². The Bertz CT molecular complexity index is 479. The van der Waals surface area contributed by atoms with Crippen LogP contribution in [0.4, 0.5) is 0 Å². The van der Waals surface area contributed by atoms with Gasteiger partial charge in [0, 0.05) is 6.42 Å². The van der Waals surface area contributed by atoms with E-state index in [2.05, 4.69) is 51.3 Å². The Labute approximate surface area is 122 Å². The van der Waals surface area contributed by atoms with Gasteiger partial charge in [-0.15, -0.1) is 0 Å². The molecular formula is C16H25NO2Si. The van der Waals surface area contributed by atoms with Crippen molar-refractivity contribution >= 4 is 14.2 Å². The van der Waals surface area contributed by atoms with Crippen LogP contribution in [0.5, 0.6) is 0 Å². The lowest BCUT2D eigenvalue weighted by atomic mass is 10.1. The number of hydrogen-bond donors (Lipinski definition) is 1. The van der Waals surface area contributed by atoms with Crippen LogP contribution >= 0.6 is 0 Å². The second-order valence-electron chi connectivity index (χ2n) is 7.07. The van der Waals surface area contributed by atoms with Crippen LogP contribution in [0.15, 0.2) is 30.3 Å². The smallest absolute Gasteiger partial charge is 0.248 e. The Hall–Kier alpha value is -1.13. The second kappa shape index (κ2) is 5.33. The molecule has 110 valence electrons. The van der Waals surface area contributed by atoms with Gasteiger partial charge in [0.1, 0.15) is 6.10 Å². The first-order chi connectivity index (χ1) is 9.21. The first-order valence-electron chi connectivity index (χ1n) is 7.24. The highest BCUT2D eigenvalue weighted by Crippen LogP contribution is 2.39. The summed E-state index contributed by atoms with van der Waals surface area (Å²) in [4.78, 5) is 12.1. The summed E-state index contributed by atoms with van der Waals surface area (Å²) in [6.07, 6.45) is 0.427. The van der Waals surface area contributed by atoms with Gasteiger partial charge in [-0.2, -0.15) is 0 Å². The van der Waals surface area contributed by atoms with E-state index in [1.807, 2.05) is 18.2 Å². The van der Waals surface area contributed by atoms with E-state index in [0.29, 0.717) is 0 Å². The SMILES string of the molecule is CC(C)(C)[Si](C)(C)O[C@H]1C[C@H](c2ccccc2)NC1=O. The molecule has 1 amide bonds. The van der Waals surface area contributed by atoms with Crippen molar-refractivity contribution in [1.82, 2.24) is 5.32 Å². The Balaban J connectivity index is 2.07. The van der Waals surface area contributed by atoms with Crippen molar-refractivity contribution in [2.45, 2.75) is 57.5 Å². The minimum absolute atomic E-state index is 0.0312. The quantitative estimate of drug-likeness (QED) is 0.864. The van der Waals surface area contributed by atoms with E-state index >= 15 is 0 Å². The monoisotopic (exact) mass is 291 g/mol. The highest BCUT2D eigenvalue weighted by atomic mass is 28.4. The maximum absolute atomic E-state index is 12.1. The summed E-state index contributed by atoms with van der Waals surface area (Å²) in [7, 11) is -1.90. The standard InChI is InChI=1S/C16H25NO2Si/c1-16(2,3)20(4,5)19-14-11-13(17-15(14)18)12-9-7-6-8-10-12/h6-10,13-14H,11H2,1-5H3,(H,17,18)/t13-,14+/m1/s1. The van der Waals surface area contributed by atoms with Crippen molar-refractivity contribution in [1.29, 1.82) is 0 Å². The maximum Gasteiger partial charge on any atom is 0.248 e. The van der Waals surface area contributed by atoms with E-state index < -0.39 is 8.32 Å². The van der Waals surface area contributed by atoms with Crippen molar-refractivity contribution in [3.8, 4) is 0 Å². The maximum atomic E-state index is 12.1. The van der Waals surface area contributed by atoms with E-state index in [4.69, 9.17) is 4.43 Å². The minimum atomic E-state index is -1.90. The molecule has 2 rings (SSSR count). The lowest BCUT2D eigenvalue weighted by molar-refractivity contribution is -0.125. The Kier molecular flexibility index (Phi) is 4.07. The largest absolute Gasteiger partial charge is 0.405 e. The molecule has 0 radical (unpaired) electrons. The van der Waals surface area contributed by atoms with E-state index in [-0.39, 0.29) is 23.1 Å². The van der Waals surface area contributed by atoms with Crippen molar-refractivity contribution in [2.24, 2.45) is 0 Å². The molecular weight excluding hydrogens is 266 g/mol. The van der Waals surface area contributed by atoms with Gasteiger partial charge in [-0.05, 0) is 23.7 Å². The van der Waals surface area contributed by atoms with Gasteiger partial charge in [-0.25, -0.2) is 0 Å². The van der Waals surface area contributed by atoms with Gasteiger partial charge in [0.2, 0.25) is 5.91 Å². The lowest BCUT2D eigenvalue weighted by Crippen LogP contribution is -2.45. The molecule has 1 aliphatic rings. The van der Waals surface area contributed by atoms with Crippen molar-refractivity contribution in [3.63, 3.8) is 0 Å². The fourth-order valence-electron chi connectivity index (χ4n) is 2.18. The molecule has 1 N–H and O–H groups in total.